The number of carboxylic acid groups (broad SMARTS) is 1. The molecule has 6 N–H and O–H groups in total. The lowest BCUT2D eigenvalue weighted by Gasteiger charge is -2.42. The van der Waals surface area contributed by atoms with Gasteiger partial charge in [0.2, 0.25) is 6.29 Å². The van der Waals surface area contributed by atoms with Crippen LogP contribution >= 0.6 is 0 Å². The predicted molar refractivity (Wildman–Crippen MR) is 123 cm³/mol. The quantitative estimate of drug-likeness (QED) is 0.156. The molecule has 1 saturated carbocycles. The van der Waals surface area contributed by atoms with Crippen LogP contribution in [0.5, 0.6) is 5.75 Å². The summed E-state index contributed by atoms with van der Waals surface area (Å²) in [6.07, 6.45) is -6.05. The van der Waals surface area contributed by atoms with Crippen molar-refractivity contribution in [1.29, 1.82) is 0 Å². The Bertz CT molecular complexity index is 1080. The molecule has 0 radical (unpaired) electrons. The van der Waals surface area contributed by atoms with Crippen LogP contribution in [0.1, 0.15) is 12.0 Å². The SMILES string of the molecule is C=C1[C@H]2[C@H](O[C@@H]3O[C@@H](CO)[C@@H](O)[C@@H](O)[C@H]3O)OC=C(C(=O)O)[C@H]2C[C@H]1OC(=O)C=Cc1ccc(O)cc1. The Kier molecular flexibility index (Phi) is 7.97. The van der Waals surface area contributed by atoms with Crippen LogP contribution in [0, 0.1) is 11.8 Å². The largest absolute Gasteiger partial charge is 0.508 e. The fourth-order valence-electron chi connectivity index (χ4n) is 4.69. The van der Waals surface area contributed by atoms with Gasteiger partial charge in [-0.25, -0.2) is 9.59 Å². The Morgan fingerprint density at radius 2 is 1.78 bits per heavy atom. The number of benzene rings is 1. The molecule has 4 rings (SSSR count). The van der Waals surface area contributed by atoms with Gasteiger partial charge in [0, 0.05) is 12.0 Å². The highest BCUT2D eigenvalue weighted by atomic mass is 16.8. The predicted octanol–water partition coefficient (Wildman–Crippen LogP) is -0.349. The van der Waals surface area contributed by atoms with Crippen LogP contribution in [0.4, 0.5) is 0 Å². The van der Waals surface area contributed by atoms with Gasteiger partial charge in [0.25, 0.3) is 0 Å². The second-order valence-electron chi connectivity index (χ2n) is 9.01. The molecule has 12 nitrogen and oxygen atoms in total. The van der Waals surface area contributed by atoms with Gasteiger partial charge in [0.15, 0.2) is 6.29 Å². The summed E-state index contributed by atoms with van der Waals surface area (Å²) in [4.78, 5) is 24.3. The van der Waals surface area contributed by atoms with Crippen LogP contribution in [0.2, 0.25) is 0 Å². The van der Waals surface area contributed by atoms with Gasteiger partial charge < -0.3 is 49.6 Å². The van der Waals surface area contributed by atoms with Gasteiger partial charge in [-0.2, -0.15) is 0 Å². The van der Waals surface area contributed by atoms with Crippen LogP contribution in [0.25, 0.3) is 6.08 Å². The third-order valence-corrected chi connectivity index (χ3v) is 6.69. The Labute approximate surface area is 211 Å². The van der Waals surface area contributed by atoms with E-state index in [2.05, 4.69) is 6.58 Å². The van der Waals surface area contributed by atoms with Crippen molar-refractivity contribution in [2.45, 2.75) is 49.5 Å². The van der Waals surface area contributed by atoms with E-state index in [9.17, 15) is 40.2 Å². The van der Waals surface area contributed by atoms with E-state index in [4.69, 9.17) is 18.9 Å². The third kappa shape index (κ3) is 5.54. The van der Waals surface area contributed by atoms with Crippen LogP contribution < -0.4 is 0 Å². The Hall–Kier alpha value is -3.26. The highest BCUT2D eigenvalue weighted by Crippen LogP contribution is 2.47. The summed E-state index contributed by atoms with van der Waals surface area (Å²) in [5.41, 5.74) is 0.877. The van der Waals surface area contributed by atoms with Gasteiger partial charge in [0.1, 0.15) is 36.3 Å². The van der Waals surface area contributed by atoms with Crippen molar-refractivity contribution in [1.82, 2.24) is 0 Å². The first-order valence-electron chi connectivity index (χ1n) is 11.5. The van der Waals surface area contributed by atoms with E-state index in [0.717, 1.165) is 6.26 Å². The van der Waals surface area contributed by atoms with Gasteiger partial charge in [-0.05, 0) is 35.8 Å². The molecular formula is C25H28O12. The van der Waals surface area contributed by atoms with E-state index >= 15 is 0 Å². The number of carboxylic acids is 1. The maximum atomic E-state index is 12.5. The number of esters is 1. The highest BCUT2D eigenvalue weighted by Gasteiger charge is 2.53. The molecule has 0 bridgehead atoms. The van der Waals surface area contributed by atoms with Gasteiger partial charge in [-0.15, -0.1) is 0 Å². The second kappa shape index (κ2) is 11.0. The first-order valence-corrected chi connectivity index (χ1v) is 11.5. The van der Waals surface area contributed by atoms with Crippen molar-refractivity contribution >= 4 is 18.0 Å². The number of phenols is 1. The van der Waals surface area contributed by atoms with Gasteiger partial charge in [-0.3, -0.25) is 0 Å². The third-order valence-electron chi connectivity index (χ3n) is 6.69. The van der Waals surface area contributed by atoms with Crippen molar-refractivity contribution in [3.05, 3.63) is 59.9 Å². The summed E-state index contributed by atoms with van der Waals surface area (Å²) in [5.74, 6) is -3.40. The van der Waals surface area contributed by atoms with E-state index in [1.54, 1.807) is 12.1 Å². The number of aliphatic carboxylic acids is 1. The number of rotatable bonds is 7. The number of ether oxygens (including phenoxy) is 4. The second-order valence-corrected chi connectivity index (χ2v) is 9.01. The van der Waals surface area contributed by atoms with Gasteiger partial charge in [0.05, 0.1) is 24.4 Å². The zero-order valence-electron chi connectivity index (χ0n) is 19.5. The molecule has 0 spiro atoms. The molecule has 1 aromatic carbocycles. The molecule has 9 atom stereocenters. The van der Waals surface area contributed by atoms with Crippen molar-refractivity contribution in [2.24, 2.45) is 11.8 Å². The number of carbonyl (C=O) groups is 2. The van der Waals surface area contributed by atoms with Crippen LogP contribution in [-0.2, 0) is 28.5 Å². The molecule has 1 aliphatic carbocycles. The molecule has 1 aromatic rings. The molecule has 1 saturated heterocycles. The van der Waals surface area contributed by atoms with Crippen LogP contribution in [0.15, 0.2) is 54.3 Å². The number of hydrogen-bond donors (Lipinski definition) is 6. The average molecular weight is 520 g/mol. The smallest absolute Gasteiger partial charge is 0.334 e. The zero-order chi connectivity index (χ0) is 26.9. The van der Waals surface area contributed by atoms with E-state index in [1.165, 1.54) is 24.3 Å². The first-order chi connectivity index (χ1) is 17.6. The van der Waals surface area contributed by atoms with Crippen molar-refractivity contribution < 1.29 is 59.2 Å². The number of aliphatic hydroxyl groups is 4. The minimum absolute atomic E-state index is 0.0783. The first kappa shape index (κ1) is 26.8. The van der Waals surface area contributed by atoms with E-state index < -0.39 is 73.5 Å². The normalized spacial score (nSPS) is 35.5. The van der Waals surface area contributed by atoms with Crippen LogP contribution in [0.3, 0.4) is 0 Å². The molecule has 12 heteroatoms. The lowest BCUT2D eigenvalue weighted by Crippen LogP contribution is -2.60. The number of hydrogen-bond acceptors (Lipinski definition) is 11. The molecule has 0 unspecified atom stereocenters. The molecule has 3 aliphatic rings. The monoisotopic (exact) mass is 520 g/mol. The number of phenolic OH excluding ortho intramolecular Hbond substituents is 1. The highest BCUT2D eigenvalue weighted by molar-refractivity contribution is 5.88. The number of fused-ring (bicyclic) bond motifs is 1. The molecule has 0 amide bonds. The zero-order valence-corrected chi connectivity index (χ0v) is 19.5. The number of aromatic hydroxyl groups is 1. The summed E-state index contributed by atoms with van der Waals surface area (Å²) < 4.78 is 22.1. The number of carbonyl (C=O) groups excluding carboxylic acids is 1. The Balaban J connectivity index is 1.49. The standard InChI is InChI=1S/C25H28O12/c1-11-16(35-18(28)7-4-12-2-5-13(27)6-3-12)8-14-15(23(32)33)10-34-24(19(11)14)37-25-22(31)21(30)20(29)17(9-26)36-25/h2-7,10,14,16-17,19-22,24-27,29-31H,1,8-9H2,(H,32,33)/t14-,16-,17+,19-,20-,21-,22-,24+,25+/m1/s1. The minimum Gasteiger partial charge on any atom is -0.508 e. The summed E-state index contributed by atoms with van der Waals surface area (Å²) >= 11 is 0. The maximum Gasteiger partial charge on any atom is 0.334 e. The lowest BCUT2D eigenvalue weighted by molar-refractivity contribution is -0.339. The Morgan fingerprint density at radius 3 is 2.43 bits per heavy atom. The molecular weight excluding hydrogens is 492 g/mol. The molecule has 37 heavy (non-hydrogen) atoms. The Morgan fingerprint density at radius 1 is 1.08 bits per heavy atom. The molecule has 0 aromatic heterocycles. The maximum absolute atomic E-state index is 12.5. The minimum atomic E-state index is -1.70. The summed E-state index contributed by atoms with van der Waals surface area (Å²) in [6.45, 7) is 3.31. The van der Waals surface area contributed by atoms with E-state index in [-0.39, 0.29) is 17.7 Å². The summed E-state index contributed by atoms with van der Waals surface area (Å²) in [5, 5.41) is 58.7. The topological polar surface area (TPSA) is 192 Å². The van der Waals surface area contributed by atoms with Crippen LogP contribution in [-0.4, -0.2) is 92.3 Å². The van der Waals surface area contributed by atoms with Crippen molar-refractivity contribution in [3.8, 4) is 5.75 Å². The van der Waals surface area contributed by atoms with Gasteiger partial charge >= 0.3 is 11.9 Å². The summed E-state index contributed by atoms with van der Waals surface area (Å²) in [7, 11) is 0. The molecule has 2 heterocycles. The van der Waals surface area contributed by atoms with Crippen molar-refractivity contribution in [2.75, 3.05) is 6.61 Å². The number of aliphatic hydroxyl groups excluding tert-OH is 4. The van der Waals surface area contributed by atoms with E-state index in [1.807, 2.05) is 0 Å². The molecule has 200 valence electrons. The fourth-order valence-corrected chi connectivity index (χ4v) is 4.69. The molecule has 2 fully saturated rings. The van der Waals surface area contributed by atoms with E-state index in [0.29, 0.717) is 11.1 Å². The summed E-state index contributed by atoms with van der Waals surface area (Å²) in [6, 6.07) is 6.13. The fraction of sp³-hybridized carbons (Fsp3) is 0.440. The van der Waals surface area contributed by atoms with Gasteiger partial charge in [-0.1, -0.05) is 18.7 Å². The lowest BCUT2D eigenvalue weighted by atomic mass is 9.85. The molecule has 2 aliphatic heterocycles. The van der Waals surface area contributed by atoms with Crippen molar-refractivity contribution in [3.63, 3.8) is 0 Å². The average Bonchev–Trinajstić information content (AvgIpc) is 3.19.